The molecule has 3 aromatic carbocycles. The summed E-state index contributed by atoms with van der Waals surface area (Å²) in [5.41, 5.74) is 2.82. The maximum absolute atomic E-state index is 12.8. The number of rotatable bonds is 8. The Bertz CT molecular complexity index is 988. The molecule has 154 valence electrons. The zero-order chi connectivity index (χ0) is 21.3. The van der Waals surface area contributed by atoms with Crippen LogP contribution in [-0.2, 0) is 4.79 Å². The molecule has 3 rings (SSSR count). The number of nitrogens with zero attached hydrogens (tertiary/aromatic N) is 1. The van der Waals surface area contributed by atoms with Gasteiger partial charge in [-0.25, -0.2) is 0 Å². The standard InChI is InChI=1S/C24H25N3O3/c1-3-27(20-9-5-4-6-10-20)24(29)18-13-15-19(16-14-18)25-17-23(28)26-21-11-7-8-12-22(21)30-2/h4-16,25H,3,17H2,1-2H3,(H,26,28). The first-order valence-corrected chi connectivity index (χ1v) is 9.76. The first-order chi connectivity index (χ1) is 14.6. The van der Waals surface area contributed by atoms with Crippen LogP contribution in [0.15, 0.2) is 78.9 Å². The minimum absolute atomic E-state index is 0.0656. The number of benzene rings is 3. The number of methoxy groups -OCH3 is 1. The highest BCUT2D eigenvalue weighted by Crippen LogP contribution is 2.23. The Labute approximate surface area is 176 Å². The Balaban J connectivity index is 1.59. The molecular weight excluding hydrogens is 378 g/mol. The second kappa shape index (κ2) is 10.1. The van der Waals surface area contributed by atoms with E-state index in [1.807, 2.05) is 49.4 Å². The van der Waals surface area contributed by atoms with Crippen LogP contribution in [0.2, 0.25) is 0 Å². The van der Waals surface area contributed by atoms with Crippen molar-refractivity contribution in [2.24, 2.45) is 0 Å². The number of nitrogens with one attached hydrogen (secondary N) is 2. The normalized spacial score (nSPS) is 10.2. The molecule has 0 aromatic heterocycles. The molecule has 0 radical (unpaired) electrons. The van der Waals surface area contributed by atoms with Crippen molar-refractivity contribution in [1.29, 1.82) is 0 Å². The van der Waals surface area contributed by atoms with Gasteiger partial charge in [0.1, 0.15) is 5.75 Å². The van der Waals surface area contributed by atoms with E-state index in [1.54, 1.807) is 48.4 Å². The van der Waals surface area contributed by atoms with E-state index in [2.05, 4.69) is 10.6 Å². The molecule has 0 spiro atoms. The van der Waals surface area contributed by atoms with Crippen LogP contribution in [0.5, 0.6) is 5.75 Å². The van der Waals surface area contributed by atoms with Crippen LogP contribution in [0.1, 0.15) is 17.3 Å². The summed E-state index contributed by atoms with van der Waals surface area (Å²) in [4.78, 5) is 26.8. The van der Waals surface area contributed by atoms with Crippen LogP contribution in [-0.4, -0.2) is 32.0 Å². The number of amides is 2. The molecule has 0 aliphatic rings. The van der Waals surface area contributed by atoms with Gasteiger partial charge in [0.15, 0.2) is 0 Å². The van der Waals surface area contributed by atoms with Crippen molar-refractivity contribution in [2.45, 2.75) is 6.92 Å². The molecule has 0 bridgehead atoms. The van der Waals surface area contributed by atoms with Crippen LogP contribution in [0.4, 0.5) is 17.1 Å². The van der Waals surface area contributed by atoms with Gasteiger partial charge < -0.3 is 20.3 Å². The smallest absolute Gasteiger partial charge is 0.258 e. The second-order valence-corrected chi connectivity index (χ2v) is 6.56. The maximum atomic E-state index is 12.8. The van der Waals surface area contributed by atoms with Gasteiger partial charge in [0.25, 0.3) is 5.91 Å². The molecular formula is C24H25N3O3. The molecule has 6 heteroatoms. The van der Waals surface area contributed by atoms with Crippen LogP contribution in [0.25, 0.3) is 0 Å². The van der Waals surface area contributed by atoms with E-state index in [0.717, 1.165) is 11.4 Å². The lowest BCUT2D eigenvalue weighted by Gasteiger charge is -2.21. The molecule has 0 saturated heterocycles. The molecule has 0 aliphatic carbocycles. The molecule has 0 fully saturated rings. The molecule has 0 saturated carbocycles. The summed E-state index contributed by atoms with van der Waals surface area (Å²) < 4.78 is 5.23. The number of carbonyl (C=O) groups is 2. The van der Waals surface area contributed by atoms with Gasteiger partial charge in [-0.05, 0) is 55.5 Å². The average Bonchev–Trinajstić information content (AvgIpc) is 2.79. The summed E-state index contributed by atoms with van der Waals surface area (Å²) in [6, 6.07) is 23.9. The van der Waals surface area contributed by atoms with Crippen LogP contribution in [0.3, 0.4) is 0 Å². The third-order valence-electron chi connectivity index (χ3n) is 4.60. The SMILES string of the molecule is CCN(C(=O)c1ccc(NCC(=O)Nc2ccccc2OC)cc1)c1ccccc1. The molecule has 0 atom stereocenters. The van der Waals surface area contributed by atoms with E-state index >= 15 is 0 Å². The fraction of sp³-hybridized carbons (Fsp3) is 0.167. The van der Waals surface area contributed by atoms with E-state index in [0.29, 0.717) is 23.5 Å². The molecule has 0 aliphatic heterocycles. The lowest BCUT2D eigenvalue weighted by molar-refractivity contribution is -0.114. The predicted octanol–water partition coefficient (Wildman–Crippen LogP) is 4.41. The highest BCUT2D eigenvalue weighted by molar-refractivity contribution is 6.06. The Kier molecular flexibility index (Phi) is 7.05. The Morgan fingerprint density at radius 3 is 2.23 bits per heavy atom. The number of hydrogen-bond acceptors (Lipinski definition) is 4. The van der Waals surface area contributed by atoms with Gasteiger partial charge >= 0.3 is 0 Å². The fourth-order valence-corrected chi connectivity index (χ4v) is 3.06. The number of carbonyl (C=O) groups excluding carboxylic acids is 2. The van der Waals surface area contributed by atoms with Crippen molar-refractivity contribution in [3.63, 3.8) is 0 Å². The Morgan fingerprint density at radius 2 is 1.57 bits per heavy atom. The number of para-hydroxylation sites is 3. The third-order valence-corrected chi connectivity index (χ3v) is 4.60. The lowest BCUT2D eigenvalue weighted by atomic mass is 10.1. The van der Waals surface area contributed by atoms with Gasteiger partial charge in [0, 0.05) is 23.5 Å². The van der Waals surface area contributed by atoms with E-state index in [-0.39, 0.29) is 18.4 Å². The highest BCUT2D eigenvalue weighted by atomic mass is 16.5. The fourth-order valence-electron chi connectivity index (χ4n) is 3.06. The van der Waals surface area contributed by atoms with E-state index < -0.39 is 0 Å². The number of ether oxygens (including phenoxy) is 1. The van der Waals surface area contributed by atoms with Gasteiger partial charge in [-0.15, -0.1) is 0 Å². The zero-order valence-corrected chi connectivity index (χ0v) is 17.1. The third kappa shape index (κ3) is 5.17. The van der Waals surface area contributed by atoms with Gasteiger partial charge in [0.2, 0.25) is 5.91 Å². The van der Waals surface area contributed by atoms with Crippen LogP contribution in [0, 0.1) is 0 Å². The lowest BCUT2D eigenvalue weighted by Crippen LogP contribution is -2.30. The summed E-state index contributed by atoms with van der Waals surface area (Å²) in [5, 5.41) is 5.88. The summed E-state index contributed by atoms with van der Waals surface area (Å²) in [6.07, 6.45) is 0. The van der Waals surface area contributed by atoms with E-state index in [9.17, 15) is 9.59 Å². The summed E-state index contributed by atoms with van der Waals surface area (Å²) in [6.45, 7) is 2.61. The minimum Gasteiger partial charge on any atom is -0.495 e. The van der Waals surface area contributed by atoms with Gasteiger partial charge in [-0.3, -0.25) is 9.59 Å². The molecule has 2 N–H and O–H groups in total. The van der Waals surface area contributed by atoms with Gasteiger partial charge in [0.05, 0.1) is 19.3 Å². The topological polar surface area (TPSA) is 70.7 Å². The summed E-state index contributed by atoms with van der Waals surface area (Å²) in [7, 11) is 1.56. The van der Waals surface area contributed by atoms with E-state index in [1.165, 1.54) is 0 Å². The van der Waals surface area contributed by atoms with Crippen molar-refractivity contribution < 1.29 is 14.3 Å². The monoisotopic (exact) mass is 403 g/mol. The van der Waals surface area contributed by atoms with Crippen molar-refractivity contribution in [3.8, 4) is 5.75 Å². The number of hydrogen-bond donors (Lipinski definition) is 2. The average molecular weight is 403 g/mol. The molecule has 0 heterocycles. The maximum Gasteiger partial charge on any atom is 0.258 e. The van der Waals surface area contributed by atoms with Crippen molar-refractivity contribution >= 4 is 28.9 Å². The molecule has 30 heavy (non-hydrogen) atoms. The quantitative estimate of drug-likeness (QED) is 0.584. The summed E-state index contributed by atoms with van der Waals surface area (Å²) in [5.74, 6) is 0.345. The molecule has 2 amide bonds. The van der Waals surface area contributed by atoms with Crippen molar-refractivity contribution in [1.82, 2.24) is 0 Å². The first-order valence-electron chi connectivity index (χ1n) is 9.76. The van der Waals surface area contributed by atoms with Crippen molar-refractivity contribution in [2.75, 3.05) is 35.7 Å². The minimum atomic E-state index is -0.194. The largest absolute Gasteiger partial charge is 0.495 e. The molecule has 0 unspecified atom stereocenters. The Morgan fingerprint density at radius 1 is 0.900 bits per heavy atom. The highest BCUT2D eigenvalue weighted by Gasteiger charge is 2.15. The number of anilines is 3. The van der Waals surface area contributed by atoms with E-state index in [4.69, 9.17) is 4.74 Å². The first kappa shape index (κ1) is 20.9. The Hall–Kier alpha value is -3.80. The molecule has 3 aromatic rings. The molecule has 6 nitrogen and oxygen atoms in total. The summed E-state index contributed by atoms with van der Waals surface area (Å²) >= 11 is 0. The van der Waals surface area contributed by atoms with Crippen molar-refractivity contribution in [3.05, 3.63) is 84.4 Å². The van der Waals surface area contributed by atoms with Crippen LogP contribution >= 0.6 is 0 Å². The van der Waals surface area contributed by atoms with Gasteiger partial charge in [-0.2, -0.15) is 0 Å². The second-order valence-electron chi connectivity index (χ2n) is 6.56. The van der Waals surface area contributed by atoms with Gasteiger partial charge in [-0.1, -0.05) is 30.3 Å². The van der Waals surface area contributed by atoms with Crippen LogP contribution < -0.4 is 20.3 Å². The predicted molar refractivity (Wildman–Crippen MR) is 120 cm³/mol. The zero-order valence-electron chi connectivity index (χ0n) is 17.1.